The Kier molecular flexibility index (Phi) is 0.425. The highest BCUT2D eigenvalue weighted by Crippen LogP contribution is 2.17. The first-order valence-electron chi connectivity index (χ1n) is 1.85. The van der Waals surface area contributed by atoms with Crippen LogP contribution in [0.3, 0.4) is 0 Å². The van der Waals surface area contributed by atoms with Gasteiger partial charge in [0.05, 0.1) is 6.23 Å². The molecule has 1 fully saturated rings. The lowest BCUT2D eigenvalue weighted by atomic mass is 11.7. The second kappa shape index (κ2) is 0.630. The molecule has 5 heavy (non-hydrogen) atoms. The summed E-state index contributed by atoms with van der Waals surface area (Å²) in [4.78, 5) is 0. The third-order valence-corrected chi connectivity index (χ3v) is 2.17. The zero-order chi connectivity index (χ0) is 3.91. The largest absolute Gasteiger partial charge is 0.416 e. The molecular weight excluding hydrogens is 80.1 g/mol. The van der Waals surface area contributed by atoms with E-state index in [-0.39, 0.29) is 0 Å². The lowest BCUT2D eigenvalue weighted by Crippen LogP contribution is -1.99. The van der Waals surface area contributed by atoms with Crippen LogP contribution in [0.15, 0.2) is 0 Å². The molecule has 1 aliphatic heterocycles. The fourth-order valence-corrected chi connectivity index (χ4v) is 1.30. The van der Waals surface area contributed by atoms with E-state index in [1.165, 1.54) is 0 Å². The van der Waals surface area contributed by atoms with E-state index in [1.807, 2.05) is 0 Å². The third-order valence-electron chi connectivity index (χ3n) is 0.722. The van der Waals surface area contributed by atoms with Crippen LogP contribution in [0.1, 0.15) is 0 Å². The molecule has 1 nitrogen and oxygen atoms in total. The van der Waals surface area contributed by atoms with Crippen molar-refractivity contribution >= 4 is 8.32 Å². The fraction of sp³-hybridized carbons (Fsp3) is 1.00. The molecule has 30 valence electrons. The SMILES string of the molecule is C[Si]1(C)CO1. The molecule has 0 unspecified atom stereocenters. The Morgan fingerprint density at radius 2 is 1.80 bits per heavy atom. The molecule has 0 aromatic heterocycles. The van der Waals surface area contributed by atoms with E-state index < -0.39 is 8.32 Å². The molecule has 0 amide bonds. The number of hydrogen-bond donors (Lipinski definition) is 0. The van der Waals surface area contributed by atoms with Crippen LogP contribution in [0, 0.1) is 0 Å². The predicted molar refractivity (Wildman–Crippen MR) is 23.4 cm³/mol. The maximum absolute atomic E-state index is 5.03. The van der Waals surface area contributed by atoms with Gasteiger partial charge < -0.3 is 4.43 Å². The average molecular weight is 88.2 g/mol. The highest BCUT2D eigenvalue weighted by molar-refractivity contribution is 6.78. The van der Waals surface area contributed by atoms with Gasteiger partial charge in [-0.15, -0.1) is 0 Å². The van der Waals surface area contributed by atoms with Crippen molar-refractivity contribution in [2.75, 3.05) is 6.23 Å². The normalized spacial score (nSPS) is 30.0. The van der Waals surface area contributed by atoms with E-state index in [9.17, 15) is 0 Å². The molecule has 0 N–H and O–H groups in total. The highest BCUT2D eigenvalue weighted by atomic mass is 28.4. The van der Waals surface area contributed by atoms with E-state index in [4.69, 9.17) is 4.43 Å². The van der Waals surface area contributed by atoms with E-state index in [1.54, 1.807) is 0 Å². The molecule has 0 atom stereocenters. The van der Waals surface area contributed by atoms with Crippen LogP contribution >= 0.6 is 0 Å². The molecule has 0 aromatic carbocycles. The van der Waals surface area contributed by atoms with Crippen LogP contribution in [0.5, 0.6) is 0 Å². The molecule has 0 bridgehead atoms. The molecule has 0 aliphatic carbocycles. The Morgan fingerprint density at radius 1 is 1.60 bits per heavy atom. The maximum atomic E-state index is 5.03. The van der Waals surface area contributed by atoms with Crippen molar-refractivity contribution < 1.29 is 4.43 Å². The topological polar surface area (TPSA) is 12.5 Å². The van der Waals surface area contributed by atoms with Crippen molar-refractivity contribution in [1.29, 1.82) is 0 Å². The summed E-state index contributed by atoms with van der Waals surface area (Å²) in [5.74, 6) is 0. The van der Waals surface area contributed by atoms with Gasteiger partial charge in [-0.2, -0.15) is 0 Å². The molecule has 1 saturated heterocycles. The number of rotatable bonds is 0. The third kappa shape index (κ3) is 0.739. The second-order valence-corrected chi connectivity index (χ2v) is 6.15. The predicted octanol–water partition coefficient (Wildman–Crippen LogP) is 0.761. The number of hydrogen-bond acceptors (Lipinski definition) is 1. The summed E-state index contributed by atoms with van der Waals surface area (Å²) in [6, 6.07) is 0. The van der Waals surface area contributed by atoms with Crippen molar-refractivity contribution in [3.63, 3.8) is 0 Å². The van der Waals surface area contributed by atoms with E-state index in [0.717, 1.165) is 6.23 Å². The van der Waals surface area contributed by atoms with Gasteiger partial charge in [0.2, 0.25) is 8.32 Å². The van der Waals surface area contributed by atoms with Crippen LogP contribution in [-0.4, -0.2) is 14.5 Å². The first kappa shape index (κ1) is 3.37. The van der Waals surface area contributed by atoms with Crippen LogP contribution in [0.4, 0.5) is 0 Å². The van der Waals surface area contributed by atoms with Crippen molar-refractivity contribution in [2.24, 2.45) is 0 Å². The van der Waals surface area contributed by atoms with Crippen LogP contribution < -0.4 is 0 Å². The summed E-state index contributed by atoms with van der Waals surface area (Å²) < 4.78 is 5.03. The quantitative estimate of drug-likeness (QED) is 0.314. The average Bonchev–Trinajstić information content (AvgIpc) is 1.76. The van der Waals surface area contributed by atoms with E-state index in [2.05, 4.69) is 13.1 Å². The smallest absolute Gasteiger partial charge is 0.210 e. The van der Waals surface area contributed by atoms with Crippen molar-refractivity contribution in [1.82, 2.24) is 0 Å². The maximum Gasteiger partial charge on any atom is 0.210 e. The van der Waals surface area contributed by atoms with Gasteiger partial charge in [0.1, 0.15) is 0 Å². The lowest BCUT2D eigenvalue weighted by Gasteiger charge is -1.76. The Bertz CT molecular complexity index is 44.9. The van der Waals surface area contributed by atoms with Gasteiger partial charge >= 0.3 is 0 Å². The summed E-state index contributed by atoms with van der Waals surface area (Å²) in [6.07, 6.45) is 1.09. The van der Waals surface area contributed by atoms with Gasteiger partial charge in [-0.1, -0.05) is 0 Å². The Hall–Kier alpha value is 0.177. The molecule has 0 spiro atoms. The van der Waals surface area contributed by atoms with Gasteiger partial charge in [0, 0.05) is 0 Å². The minimum atomic E-state index is -0.861. The Balaban J connectivity index is 2.38. The second-order valence-electron chi connectivity index (χ2n) is 2.05. The van der Waals surface area contributed by atoms with Gasteiger partial charge in [-0.25, -0.2) is 0 Å². The first-order chi connectivity index (χ1) is 2.21. The van der Waals surface area contributed by atoms with Crippen LogP contribution in [-0.2, 0) is 4.43 Å². The van der Waals surface area contributed by atoms with Gasteiger partial charge in [0.15, 0.2) is 0 Å². The van der Waals surface area contributed by atoms with E-state index >= 15 is 0 Å². The molecule has 0 radical (unpaired) electrons. The first-order valence-corrected chi connectivity index (χ1v) is 4.96. The molecule has 0 aromatic rings. The molecule has 2 heteroatoms. The summed E-state index contributed by atoms with van der Waals surface area (Å²) in [6.45, 7) is 4.43. The zero-order valence-electron chi connectivity index (χ0n) is 3.62. The van der Waals surface area contributed by atoms with Gasteiger partial charge in [-0.05, 0) is 13.1 Å². The minimum Gasteiger partial charge on any atom is -0.416 e. The summed E-state index contributed by atoms with van der Waals surface area (Å²) in [7, 11) is -0.861. The standard InChI is InChI=1S/C3H8OSi/c1-5(2)3-4-5/h3H2,1-2H3. The zero-order valence-corrected chi connectivity index (χ0v) is 4.62. The molecule has 1 rings (SSSR count). The monoisotopic (exact) mass is 88.0 g/mol. The van der Waals surface area contributed by atoms with Gasteiger partial charge in [-0.3, -0.25) is 0 Å². The minimum absolute atomic E-state index is 0.861. The van der Waals surface area contributed by atoms with Gasteiger partial charge in [0.25, 0.3) is 0 Å². The van der Waals surface area contributed by atoms with E-state index in [0.29, 0.717) is 0 Å². The molecule has 1 heterocycles. The summed E-state index contributed by atoms with van der Waals surface area (Å²) in [5, 5.41) is 0. The van der Waals surface area contributed by atoms with Crippen molar-refractivity contribution in [3.8, 4) is 0 Å². The molecular formula is C3H8OSi. The van der Waals surface area contributed by atoms with Crippen molar-refractivity contribution in [3.05, 3.63) is 0 Å². The summed E-state index contributed by atoms with van der Waals surface area (Å²) in [5.41, 5.74) is 0. The summed E-state index contributed by atoms with van der Waals surface area (Å²) >= 11 is 0. The highest BCUT2D eigenvalue weighted by Gasteiger charge is 2.36. The van der Waals surface area contributed by atoms with Crippen LogP contribution in [0.25, 0.3) is 0 Å². The fourth-order valence-electron chi connectivity index (χ4n) is 0.144. The van der Waals surface area contributed by atoms with Crippen molar-refractivity contribution in [2.45, 2.75) is 13.1 Å². The van der Waals surface area contributed by atoms with Crippen LogP contribution in [0.2, 0.25) is 13.1 Å². The lowest BCUT2D eigenvalue weighted by molar-refractivity contribution is 0.553. The Morgan fingerprint density at radius 3 is 1.80 bits per heavy atom. The Labute approximate surface area is 33.1 Å². The molecule has 1 aliphatic rings. The molecule has 0 saturated carbocycles.